The molecule has 1 saturated heterocycles. The summed E-state index contributed by atoms with van der Waals surface area (Å²) < 4.78 is 1.89. The number of likely N-dealkylation sites (tertiary alicyclic amines) is 1. The van der Waals surface area contributed by atoms with Crippen molar-refractivity contribution in [3.05, 3.63) is 18.0 Å². The molecule has 18 heavy (non-hydrogen) atoms. The van der Waals surface area contributed by atoms with Gasteiger partial charge in [0.05, 0.1) is 12.7 Å². The molecule has 5 heteroatoms. The van der Waals surface area contributed by atoms with E-state index in [2.05, 4.69) is 17.3 Å². The Morgan fingerprint density at radius 2 is 2.17 bits per heavy atom. The van der Waals surface area contributed by atoms with Gasteiger partial charge < -0.3 is 10.2 Å². The van der Waals surface area contributed by atoms with Crippen LogP contribution < -0.4 is 5.32 Å². The molecule has 1 aliphatic heterocycles. The van der Waals surface area contributed by atoms with Gasteiger partial charge in [-0.05, 0) is 26.2 Å². The number of piperidine rings is 1. The molecule has 0 atom stereocenters. The molecule has 5 nitrogen and oxygen atoms in total. The largest absolute Gasteiger partial charge is 0.342 e. The van der Waals surface area contributed by atoms with Crippen LogP contribution in [0.4, 0.5) is 0 Å². The van der Waals surface area contributed by atoms with Gasteiger partial charge in [0.25, 0.3) is 0 Å². The Balaban J connectivity index is 1.69. The number of amides is 1. The molecule has 0 radical (unpaired) electrons. The zero-order valence-corrected chi connectivity index (χ0v) is 11.1. The molecule has 0 aliphatic carbocycles. The molecule has 100 valence electrons. The molecule has 0 spiro atoms. The summed E-state index contributed by atoms with van der Waals surface area (Å²) in [5.74, 6) is 0.220. The first-order valence-corrected chi connectivity index (χ1v) is 6.79. The Morgan fingerprint density at radius 3 is 2.83 bits per heavy atom. The summed E-state index contributed by atoms with van der Waals surface area (Å²) >= 11 is 0. The second-order valence-electron chi connectivity index (χ2n) is 4.75. The van der Waals surface area contributed by atoms with Crippen LogP contribution in [0.15, 0.2) is 12.4 Å². The topological polar surface area (TPSA) is 50.2 Å². The van der Waals surface area contributed by atoms with E-state index in [9.17, 15) is 4.79 Å². The van der Waals surface area contributed by atoms with Crippen molar-refractivity contribution in [1.29, 1.82) is 0 Å². The number of nitrogens with zero attached hydrogens (tertiary/aromatic N) is 3. The number of hydrogen-bond donors (Lipinski definition) is 1. The van der Waals surface area contributed by atoms with E-state index in [4.69, 9.17) is 0 Å². The maximum absolute atomic E-state index is 11.9. The Bertz CT molecular complexity index is 382. The van der Waals surface area contributed by atoms with Crippen LogP contribution in [0.25, 0.3) is 0 Å². The van der Waals surface area contributed by atoms with Crippen LogP contribution in [-0.2, 0) is 17.9 Å². The maximum atomic E-state index is 11.9. The van der Waals surface area contributed by atoms with Gasteiger partial charge in [0.15, 0.2) is 0 Å². The van der Waals surface area contributed by atoms with E-state index >= 15 is 0 Å². The van der Waals surface area contributed by atoms with E-state index in [1.807, 2.05) is 22.0 Å². The molecule has 2 rings (SSSR count). The zero-order valence-electron chi connectivity index (χ0n) is 11.1. The maximum Gasteiger partial charge on any atom is 0.236 e. The molecular formula is C13H22N4O. The monoisotopic (exact) mass is 250 g/mol. The van der Waals surface area contributed by atoms with Crippen molar-refractivity contribution in [3.63, 3.8) is 0 Å². The highest BCUT2D eigenvalue weighted by Crippen LogP contribution is 2.08. The van der Waals surface area contributed by atoms with E-state index in [1.165, 1.54) is 6.42 Å². The molecule has 1 aromatic heterocycles. The van der Waals surface area contributed by atoms with Gasteiger partial charge in [0, 0.05) is 37.9 Å². The van der Waals surface area contributed by atoms with Crippen molar-refractivity contribution in [1.82, 2.24) is 20.0 Å². The molecule has 0 saturated carbocycles. The normalized spacial score (nSPS) is 15.9. The van der Waals surface area contributed by atoms with E-state index in [1.54, 1.807) is 0 Å². The molecule has 1 fully saturated rings. The Morgan fingerprint density at radius 1 is 1.39 bits per heavy atom. The highest BCUT2D eigenvalue weighted by atomic mass is 16.2. The van der Waals surface area contributed by atoms with Gasteiger partial charge in [-0.2, -0.15) is 5.10 Å². The minimum absolute atomic E-state index is 0.220. The van der Waals surface area contributed by atoms with Crippen LogP contribution in [0.5, 0.6) is 0 Å². The van der Waals surface area contributed by atoms with Crippen molar-refractivity contribution >= 4 is 5.91 Å². The Labute approximate surface area is 108 Å². The highest BCUT2D eigenvalue weighted by molar-refractivity contribution is 5.78. The third-order valence-corrected chi connectivity index (χ3v) is 3.32. The smallest absolute Gasteiger partial charge is 0.236 e. The van der Waals surface area contributed by atoms with Crippen molar-refractivity contribution in [2.24, 2.45) is 0 Å². The van der Waals surface area contributed by atoms with Crippen molar-refractivity contribution < 1.29 is 4.79 Å². The summed E-state index contributed by atoms with van der Waals surface area (Å²) in [6.07, 6.45) is 7.41. The minimum atomic E-state index is 0.220. The average Bonchev–Trinajstić information content (AvgIpc) is 2.87. The lowest BCUT2D eigenvalue weighted by molar-refractivity contribution is -0.131. The predicted octanol–water partition coefficient (Wildman–Crippen LogP) is 1.01. The summed E-state index contributed by atoms with van der Waals surface area (Å²) in [6.45, 7) is 5.93. The lowest BCUT2D eigenvalue weighted by Crippen LogP contribution is -2.40. The van der Waals surface area contributed by atoms with Crippen LogP contribution in [0, 0.1) is 0 Å². The van der Waals surface area contributed by atoms with Gasteiger partial charge in [-0.3, -0.25) is 9.48 Å². The van der Waals surface area contributed by atoms with E-state index in [0.717, 1.165) is 38.0 Å². The lowest BCUT2D eigenvalue weighted by atomic mass is 10.1. The second-order valence-corrected chi connectivity index (χ2v) is 4.75. The SMILES string of the molecule is CCn1cc(CNCC(=O)N2CCCCC2)cn1. The van der Waals surface area contributed by atoms with Crippen molar-refractivity contribution in [2.75, 3.05) is 19.6 Å². The van der Waals surface area contributed by atoms with Gasteiger partial charge in [0.2, 0.25) is 5.91 Å². The molecule has 1 aliphatic rings. The quantitative estimate of drug-likeness (QED) is 0.848. The Hall–Kier alpha value is -1.36. The number of aryl methyl sites for hydroxylation is 1. The first-order chi connectivity index (χ1) is 8.79. The molecule has 0 aromatic carbocycles. The highest BCUT2D eigenvalue weighted by Gasteiger charge is 2.15. The lowest BCUT2D eigenvalue weighted by Gasteiger charge is -2.26. The summed E-state index contributed by atoms with van der Waals surface area (Å²) in [7, 11) is 0. The predicted molar refractivity (Wildman–Crippen MR) is 70.0 cm³/mol. The van der Waals surface area contributed by atoms with E-state index < -0.39 is 0 Å². The van der Waals surface area contributed by atoms with Gasteiger partial charge in [0.1, 0.15) is 0 Å². The summed E-state index contributed by atoms with van der Waals surface area (Å²) in [4.78, 5) is 13.9. The number of carbonyl (C=O) groups excluding carboxylic acids is 1. The summed E-state index contributed by atoms with van der Waals surface area (Å²) in [5, 5.41) is 7.40. The van der Waals surface area contributed by atoms with Crippen LogP contribution in [-0.4, -0.2) is 40.2 Å². The number of hydrogen-bond acceptors (Lipinski definition) is 3. The van der Waals surface area contributed by atoms with Crippen LogP contribution in [0.1, 0.15) is 31.7 Å². The minimum Gasteiger partial charge on any atom is -0.342 e. The Kier molecular flexibility index (Phi) is 4.75. The average molecular weight is 250 g/mol. The van der Waals surface area contributed by atoms with E-state index in [-0.39, 0.29) is 5.91 Å². The number of aromatic nitrogens is 2. The van der Waals surface area contributed by atoms with Gasteiger partial charge in [-0.25, -0.2) is 0 Å². The van der Waals surface area contributed by atoms with Crippen LogP contribution >= 0.6 is 0 Å². The number of nitrogens with one attached hydrogen (secondary N) is 1. The molecule has 1 amide bonds. The fraction of sp³-hybridized carbons (Fsp3) is 0.692. The van der Waals surface area contributed by atoms with Crippen molar-refractivity contribution in [2.45, 2.75) is 39.3 Å². The second kappa shape index (κ2) is 6.54. The zero-order chi connectivity index (χ0) is 12.8. The van der Waals surface area contributed by atoms with Crippen LogP contribution in [0.2, 0.25) is 0 Å². The molecule has 2 heterocycles. The van der Waals surface area contributed by atoms with Gasteiger partial charge in [-0.15, -0.1) is 0 Å². The molecule has 1 aromatic rings. The third-order valence-electron chi connectivity index (χ3n) is 3.32. The molecule has 0 bridgehead atoms. The molecular weight excluding hydrogens is 228 g/mol. The standard InChI is InChI=1S/C13H22N4O/c1-2-17-11-12(9-15-17)8-14-10-13(18)16-6-4-3-5-7-16/h9,11,14H,2-8,10H2,1H3. The molecule has 1 N–H and O–H groups in total. The fourth-order valence-corrected chi connectivity index (χ4v) is 2.24. The summed E-state index contributed by atoms with van der Waals surface area (Å²) in [5.41, 5.74) is 1.13. The number of rotatable bonds is 5. The fourth-order valence-electron chi connectivity index (χ4n) is 2.24. The van der Waals surface area contributed by atoms with Crippen LogP contribution in [0.3, 0.4) is 0 Å². The number of carbonyl (C=O) groups is 1. The first-order valence-electron chi connectivity index (χ1n) is 6.79. The van der Waals surface area contributed by atoms with Crippen molar-refractivity contribution in [3.8, 4) is 0 Å². The summed E-state index contributed by atoms with van der Waals surface area (Å²) in [6, 6.07) is 0. The molecule has 0 unspecified atom stereocenters. The first kappa shape index (κ1) is 13.1. The van der Waals surface area contributed by atoms with E-state index in [0.29, 0.717) is 13.1 Å². The third kappa shape index (κ3) is 3.57. The van der Waals surface area contributed by atoms with Gasteiger partial charge in [-0.1, -0.05) is 0 Å². The van der Waals surface area contributed by atoms with Gasteiger partial charge >= 0.3 is 0 Å².